The normalized spacial score (nSPS) is 31.4. The van der Waals surface area contributed by atoms with Gasteiger partial charge in [0.2, 0.25) is 0 Å². The maximum Gasteiger partial charge on any atom is -0.0388 e. The molecule has 0 aliphatic heterocycles. The molecule has 0 radical (unpaired) electrons. The van der Waals surface area contributed by atoms with Crippen molar-refractivity contribution < 1.29 is 0 Å². The fourth-order valence-corrected chi connectivity index (χ4v) is 3.89. The fourth-order valence-electron chi connectivity index (χ4n) is 3.89. The van der Waals surface area contributed by atoms with Gasteiger partial charge in [-0.1, -0.05) is 104 Å². The molecule has 1 fully saturated rings. The van der Waals surface area contributed by atoms with E-state index in [2.05, 4.69) is 20.8 Å². The molecule has 1 aliphatic rings. The molecule has 1 aliphatic carbocycles. The summed E-state index contributed by atoms with van der Waals surface area (Å²) >= 11 is 0. The molecule has 3 atom stereocenters. The van der Waals surface area contributed by atoms with Crippen LogP contribution >= 0.6 is 0 Å². The lowest BCUT2D eigenvalue weighted by molar-refractivity contribution is 0.261. The Morgan fingerprint density at radius 1 is 0.789 bits per heavy atom. The maximum atomic E-state index is 2.53. The van der Waals surface area contributed by atoms with E-state index in [1.807, 2.05) is 0 Å². The van der Waals surface area contributed by atoms with Gasteiger partial charge in [-0.3, -0.25) is 0 Å². The maximum absolute atomic E-state index is 2.53. The molecule has 0 heterocycles. The van der Waals surface area contributed by atoms with Gasteiger partial charge in [0.05, 0.1) is 0 Å². The summed E-state index contributed by atoms with van der Waals surface area (Å²) in [5.74, 6) is 3.03. The topological polar surface area (TPSA) is 0 Å². The smallest absolute Gasteiger partial charge is 0.0388 e. The first-order chi connectivity index (χ1) is 9.27. The molecule has 0 amide bonds. The molecule has 0 spiro atoms. The summed E-state index contributed by atoms with van der Waals surface area (Å²) in [5.41, 5.74) is 0. The monoisotopic (exact) mass is 266 g/mol. The van der Waals surface area contributed by atoms with E-state index in [0.717, 1.165) is 17.8 Å². The van der Waals surface area contributed by atoms with Gasteiger partial charge in [-0.05, 0) is 17.8 Å². The summed E-state index contributed by atoms with van der Waals surface area (Å²) in [6.07, 6.45) is 19.2. The van der Waals surface area contributed by atoms with Gasteiger partial charge in [0.15, 0.2) is 0 Å². The van der Waals surface area contributed by atoms with Crippen molar-refractivity contribution in [3.8, 4) is 0 Å². The van der Waals surface area contributed by atoms with Gasteiger partial charge in [-0.2, -0.15) is 0 Å². The van der Waals surface area contributed by atoms with Crippen molar-refractivity contribution in [3.63, 3.8) is 0 Å². The minimum absolute atomic E-state index is 0.978. The molecule has 0 N–H and O–H groups in total. The highest BCUT2D eigenvalue weighted by atomic mass is 14.2. The first-order valence-electron chi connectivity index (χ1n) is 9.27. The first kappa shape index (κ1) is 17.1. The Hall–Kier alpha value is 0. The molecule has 0 aromatic carbocycles. The van der Waals surface area contributed by atoms with Gasteiger partial charge in [-0.15, -0.1) is 0 Å². The van der Waals surface area contributed by atoms with Gasteiger partial charge in [0.25, 0.3) is 0 Å². The van der Waals surface area contributed by atoms with Crippen molar-refractivity contribution in [2.75, 3.05) is 0 Å². The predicted molar refractivity (Wildman–Crippen MR) is 87.5 cm³/mol. The summed E-state index contributed by atoms with van der Waals surface area (Å²) < 4.78 is 0. The quantitative estimate of drug-likeness (QED) is 0.515. The first-order valence-corrected chi connectivity index (χ1v) is 9.27. The average molecular weight is 267 g/mol. The lowest BCUT2D eigenvalue weighted by Gasteiger charge is -2.26. The van der Waals surface area contributed by atoms with Crippen molar-refractivity contribution >= 4 is 0 Å². The largest absolute Gasteiger partial charge is 0.0654 e. The number of hydrogen-bond acceptors (Lipinski definition) is 0. The third-order valence-corrected chi connectivity index (χ3v) is 5.52. The summed E-state index contributed by atoms with van der Waals surface area (Å²) in [6.45, 7) is 7.27. The van der Waals surface area contributed by atoms with Crippen molar-refractivity contribution in [2.24, 2.45) is 17.8 Å². The summed E-state index contributed by atoms with van der Waals surface area (Å²) in [6, 6.07) is 0. The van der Waals surface area contributed by atoms with E-state index < -0.39 is 0 Å². The van der Waals surface area contributed by atoms with Crippen LogP contribution in [0.5, 0.6) is 0 Å². The van der Waals surface area contributed by atoms with Gasteiger partial charge in [0.1, 0.15) is 0 Å². The van der Waals surface area contributed by atoms with E-state index in [4.69, 9.17) is 0 Å². The van der Waals surface area contributed by atoms with Crippen molar-refractivity contribution in [2.45, 2.75) is 104 Å². The van der Waals surface area contributed by atoms with Crippen LogP contribution in [0.3, 0.4) is 0 Å². The van der Waals surface area contributed by atoms with Crippen LogP contribution < -0.4 is 0 Å². The van der Waals surface area contributed by atoms with E-state index in [9.17, 15) is 0 Å². The van der Waals surface area contributed by atoms with E-state index in [0.29, 0.717) is 0 Å². The van der Waals surface area contributed by atoms with Crippen molar-refractivity contribution in [3.05, 3.63) is 0 Å². The van der Waals surface area contributed by atoms with Crippen LogP contribution in [-0.4, -0.2) is 0 Å². The highest BCUT2D eigenvalue weighted by Gasteiger charge is 2.18. The third-order valence-electron chi connectivity index (χ3n) is 5.52. The summed E-state index contributed by atoms with van der Waals surface area (Å²) in [4.78, 5) is 0. The van der Waals surface area contributed by atoms with E-state index in [-0.39, 0.29) is 0 Å². The standard InChI is InChI=1S/C19H38/c1-4-6-15-19-16-11-14-18(5-2)13-10-8-7-9-12-17(19)3/h17-19H,4-16H2,1-3H3. The highest BCUT2D eigenvalue weighted by Crippen LogP contribution is 2.31. The zero-order valence-corrected chi connectivity index (χ0v) is 13.9. The number of hydrogen-bond donors (Lipinski definition) is 0. The highest BCUT2D eigenvalue weighted by molar-refractivity contribution is 4.70. The van der Waals surface area contributed by atoms with Gasteiger partial charge >= 0.3 is 0 Å². The zero-order valence-electron chi connectivity index (χ0n) is 13.9. The van der Waals surface area contributed by atoms with Gasteiger partial charge < -0.3 is 0 Å². The second-order valence-corrected chi connectivity index (χ2v) is 7.08. The van der Waals surface area contributed by atoms with Gasteiger partial charge in [-0.25, -0.2) is 0 Å². The summed E-state index contributed by atoms with van der Waals surface area (Å²) in [7, 11) is 0. The third kappa shape index (κ3) is 7.37. The van der Waals surface area contributed by atoms with Crippen molar-refractivity contribution in [1.82, 2.24) is 0 Å². The lowest BCUT2D eigenvalue weighted by Crippen LogP contribution is -2.13. The Labute approximate surface area is 122 Å². The summed E-state index contributed by atoms with van der Waals surface area (Å²) in [5, 5.41) is 0. The molecule has 1 rings (SSSR count). The fraction of sp³-hybridized carbons (Fsp3) is 1.00. The van der Waals surface area contributed by atoms with Crippen LogP contribution in [0.15, 0.2) is 0 Å². The Bertz CT molecular complexity index is 196. The van der Waals surface area contributed by atoms with Crippen LogP contribution in [0.2, 0.25) is 0 Å². The average Bonchev–Trinajstić information content (AvgIpc) is 2.42. The number of unbranched alkanes of at least 4 members (excludes halogenated alkanes) is 1. The zero-order chi connectivity index (χ0) is 13.9. The van der Waals surface area contributed by atoms with Crippen LogP contribution in [0, 0.1) is 17.8 Å². The molecular weight excluding hydrogens is 228 g/mol. The molecule has 0 heteroatoms. The second-order valence-electron chi connectivity index (χ2n) is 7.08. The van der Waals surface area contributed by atoms with Crippen LogP contribution in [0.4, 0.5) is 0 Å². The Balaban J connectivity index is 2.44. The van der Waals surface area contributed by atoms with Crippen LogP contribution in [-0.2, 0) is 0 Å². The van der Waals surface area contributed by atoms with Crippen LogP contribution in [0.1, 0.15) is 104 Å². The Morgan fingerprint density at radius 3 is 2.16 bits per heavy atom. The van der Waals surface area contributed by atoms with Crippen molar-refractivity contribution in [1.29, 1.82) is 0 Å². The van der Waals surface area contributed by atoms with E-state index in [1.54, 1.807) is 0 Å². The molecule has 0 aromatic rings. The lowest BCUT2D eigenvalue weighted by atomic mass is 9.80. The number of rotatable bonds is 4. The van der Waals surface area contributed by atoms with Gasteiger partial charge in [0, 0.05) is 0 Å². The molecule has 114 valence electrons. The van der Waals surface area contributed by atoms with E-state index in [1.165, 1.54) is 83.5 Å². The molecule has 19 heavy (non-hydrogen) atoms. The van der Waals surface area contributed by atoms with E-state index >= 15 is 0 Å². The Morgan fingerprint density at radius 2 is 1.47 bits per heavy atom. The molecule has 3 unspecified atom stereocenters. The minimum atomic E-state index is 0.978. The van der Waals surface area contributed by atoms with Crippen LogP contribution in [0.25, 0.3) is 0 Å². The predicted octanol–water partition coefficient (Wildman–Crippen LogP) is 6.98. The second kappa shape index (κ2) is 10.7. The Kier molecular flexibility index (Phi) is 9.65. The molecule has 0 aromatic heterocycles. The SMILES string of the molecule is CCCCC1CCCC(CC)CCCCCCC1C. The molecule has 1 saturated carbocycles. The molecule has 0 saturated heterocycles. The molecule has 0 nitrogen and oxygen atoms in total. The molecular formula is C19H38. The molecule has 0 bridgehead atoms. The minimum Gasteiger partial charge on any atom is -0.0654 e.